The summed E-state index contributed by atoms with van der Waals surface area (Å²) in [6.07, 6.45) is 4.42. The van der Waals surface area contributed by atoms with Crippen LogP contribution in [0.25, 0.3) is 0 Å². The number of hydrogen-bond donors (Lipinski definition) is 3. The maximum absolute atomic E-state index is 12.0. The van der Waals surface area contributed by atoms with Gasteiger partial charge < -0.3 is 16.4 Å². The number of carbonyl (C=O) groups is 1. The van der Waals surface area contributed by atoms with Crippen LogP contribution in [0.15, 0.2) is 4.90 Å². The summed E-state index contributed by atoms with van der Waals surface area (Å²) in [5.74, 6) is 0.696. The van der Waals surface area contributed by atoms with Gasteiger partial charge in [-0.3, -0.25) is 4.79 Å². The second-order valence-corrected chi connectivity index (χ2v) is 6.56. The SMILES string of the molecule is CCNC(=O)c1sc(NC2CC2CC)c(SC)c1N. The Kier molecular flexibility index (Phi) is 4.62. The van der Waals surface area contributed by atoms with Crippen LogP contribution in [0.3, 0.4) is 0 Å². The minimum atomic E-state index is -0.0730. The Labute approximate surface area is 122 Å². The van der Waals surface area contributed by atoms with Gasteiger partial charge in [-0.1, -0.05) is 13.3 Å². The summed E-state index contributed by atoms with van der Waals surface area (Å²) in [5.41, 5.74) is 6.71. The standard InChI is InChI=1S/C13H21N3OS2/c1-4-7-6-8(7)16-13-11(18-3)9(14)10(19-13)12(17)15-5-2/h7-8,16H,4-6,14H2,1-3H3,(H,15,17). The van der Waals surface area contributed by atoms with Crippen molar-refractivity contribution in [1.29, 1.82) is 0 Å². The molecule has 2 atom stereocenters. The molecule has 1 heterocycles. The van der Waals surface area contributed by atoms with Crippen LogP contribution < -0.4 is 16.4 Å². The number of amides is 1. The zero-order chi connectivity index (χ0) is 14.0. The van der Waals surface area contributed by atoms with Crippen molar-refractivity contribution in [3.63, 3.8) is 0 Å². The second kappa shape index (κ2) is 6.05. The van der Waals surface area contributed by atoms with E-state index in [1.807, 2.05) is 13.2 Å². The molecule has 6 heteroatoms. The van der Waals surface area contributed by atoms with Gasteiger partial charge in [-0.15, -0.1) is 23.1 Å². The molecule has 0 saturated heterocycles. The number of thiophene rings is 1. The first-order valence-corrected chi connectivity index (χ1v) is 8.67. The third kappa shape index (κ3) is 3.00. The van der Waals surface area contributed by atoms with Crippen molar-refractivity contribution in [3.05, 3.63) is 4.88 Å². The molecule has 1 saturated carbocycles. The van der Waals surface area contributed by atoms with Crippen molar-refractivity contribution in [2.75, 3.05) is 23.9 Å². The van der Waals surface area contributed by atoms with E-state index in [-0.39, 0.29) is 5.91 Å². The van der Waals surface area contributed by atoms with E-state index in [0.717, 1.165) is 15.8 Å². The van der Waals surface area contributed by atoms with Gasteiger partial charge >= 0.3 is 0 Å². The molecule has 2 rings (SSSR count). The Bertz CT molecular complexity index is 473. The Balaban J connectivity index is 2.18. The van der Waals surface area contributed by atoms with E-state index in [1.54, 1.807) is 11.8 Å². The fourth-order valence-corrected chi connectivity index (χ4v) is 4.18. The molecule has 0 spiro atoms. The molecule has 1 aliphatic carbocycles. The van der Waals surface area contributed by atoms with Gasteiger partial charge in [0, 0.05) is 12.6 Å². The summed E-state index contributed by atoms with van der Waals surface area (Å²) in [5, 5.41) is 7.39. The number of thioether (sulfide) groups is 1. The normalized spacial score (nSPS) is 21.2. The highest BCUT2D eigenvalue weighted by atomic mass is 32.2. The second-order valence-electron chi connectivity index (χ2n) is 4.72. The highest BCUT2D eigenvalue weighted by Gasteiger charge is 2.36. The van der Waals surface area contributed by atoms with E-state index in [4.69, 9.17) is 5.73 Å². The average molecular weight is 299 g/mol. The summed E-state index contributed by atoms with van der Waals surface area (Å²) in [7, 11) is 0. The largest absolute Gasteiger partial charge is 0.396 e. The summed E-state index contributed by atoms with van der Waals surface area (Å²) < 4.78 is 0. The van der Waals surface area contributed by atoms with Gasteiger partial charge in [0.2, 0.25) is 0 Å². The van der Waals surface area contributed by atoms with Gasteiger partial charge in [0.05, 0.1) is 10.6 Å². The smallest absolute Gasteiger partial charge is 0.263 e. The van der Waals surface area contributed by atoms with Crippen molar-refractivity contribution in [1.82, 2.24) is 5.32 Å². The van der Waals surface area contributed by atoms with Crippen LogP contribution in [0.4, 0.5) is 10.7 Å². The van der Waals surface area contributed by atoms with Crippen molar-refractivity contribution in [2.45, 2.75) is 37.6 Å². The lowest BCUT2D eigenvalue weighted by Crippen LogP contribution is -2.22. The molecule has 4 N–H and O–H groups in total. The summed E-state index contributed by atoms with van der Waals surface area (Å²) in [4.78, 5) is 13.6. The minimum Gasteiger partial charge on any atom is -0.396 e. The molecule has 2 unspecified atom stereocenters. The van der Waals surface area contributed by atoms with Crippen molar-refractivity contribution < 1.29 is 4.79 Å². The average Bonchev–Trinajstić information content (AvgIpc) is 3.06. The van der Waals surface area contributed by atoms with E-state index in [1.165, 1.54) is 24.2 Å². The first kappa shape index (κ1) is 14.5. The lowest BCUT2D eigenvalue weighted by molar-refractivity contribution is 0.0960. The van der Waals surface area contributed by atoms with Crippen molar-refractivity contribution in [2.24, 2.45) is 5.92 Å². The van der Waals surface area contributed by atoms with Crippen LogP contribution in [0, 0.1) is 5.92 Å². The number of nitrogens with two attached hydrogens (primary N) is 1. The van der Waals surface area contributed by atoms with Gasteiger partial charge in [0.25, 0.3) is 5.91 Å². The van der Waals surface area contributed by atoms with E-state index >= 15 is 0 Å². The summed E-state index contributed by atoms with van der Waals surface area (Å²) in [6, 6.07) is 0.552. The third-order valence-electron chi connectivity index (χ3n) is 3.41. The fourth-order valence-electron chi connectivity index (χ4n) is 2.18. The van der Waals surface area contributed by atoms with Crippen LogP contribution >= 0.6 is 23.1 Å². The number of carbonyl (C=O) groups excluding carboxylic acids is 1. The molecular formula is C13H21N3OS2. The molecule has 4 nitrogen and oxygen atoms in total. The molecule has 1 aromatic rings. The zero-order valence-corrected chi connectivity index (χ0v) is 13.2. The van der Waals surface area contributed by atoms with Crippen LogP contribution in [0.1, 0.15) is 36.4 Å². The zero-order valence-electron chi connectivity index (χ0n) is 11.6. The number of nitrogens with one attached hydrogen (secondary N) is 2. The van der Waals surface area contributed by atoms with Crippen LogP contribution in [-0.2, 0) is 0 Å². The van der Waals surface area contributed by atoms with Crippen LogP contribution in [0.2, 0.25) is 0 Å². The highest BCUT2D eigenvalue weighted by Crippen LogP contribution is 2.45. The van der Waals surface area contributed by atoms with E-state index in [9.17, 15) is 4.79 Å². The van der Waals surface area contributed by atoms with Gasteiger partial charge in [-0.05, 0) is 25.5 Å². The van der Waals surface area contributed by atoms with Gasteiger partial charge in [-0.2, -0.15) is 0 Å². The van der Waals surface area contributed by atoms with E-state index in [2.05, 4.69) is 17.6 Å². The minimum absolute atomic E-state index is 0.0730. The molecule has 1 aliphatic rings. The van der Waals surface area contributed by atoms with Gasteiger partial charge in [0.1, 0.15) is 9.88 Å². The Hall–Kier alpha value is -0.880. The highest BCUT2D eigenvalue weighted by molar-refractivity contribution is 7.99. The van der Waals surface area contributed by atoms with Crippen LogP contribution in [-0.4, -0.2) is 24.7 Å². The molecule has 0 aliphatic heterocycles. The van der Waals surface area contributed by atoms with Gasteiger partial charge in [-0.25, -0.2) is 0 Å². The predicted octanol–water partition coefficient (Wildman–Crippen LogP) is 3.01. The molecule has 0 radical (unpaired) electrons. The first-order valence-electron chi connectivity index (χ1n) is 6.63. The van der Waals surface area contributed by atoms with E-state index in [0.29, 0.717) is 23.2 Å². The van der Waals surface area contributed by atoms with Crippen molar-refractivity contribution in [3.8, 4) is 0 Å². The molecule has 19 heavy (non-hydrogen) atoms. The topological polar surface area (TPSA) is 67.2 Å². The molecule has 1 aromatic heterocycles. The number of hydrogen-bond acceptors (Lipinski definition) is 5. The lowest BCUT2D eigenvalue weighted by Gasteiger charge is -2.04. The van der Waals surface area contributed by atoms with Crippen molar-refractivity contribution >= 4 is 39.7 Å². The maximum Gasteiger partial charge on any atom is 0.263 e. The molecule has 0 bridgehead atoms. The molecule has 1 fully saturated rings. The van der Waals surface area contributed by atoms with E-state index < -0.39 is 0 Å². The Morgan fingerprint density at radius 2 is 2.26 bits per heavy atom. The molecule has 1 amide bonds. The molecule has 0 aromatic carbocycles. The number of nitrogen functional groups attached to an aromatic ring is 1. The Morgan fingerprint density at radius 3 is 2.79 bits per heavy atom. The molecular weight excluding hydrogens is 278 g/mol. The quantitative estimate of drug-likeness (QED) is 0.706. The monoisotopic (exact) mass is 299 g/mol. The van der Waals surface area contributed by atoms with Crippen LogP contribution in [0.5, 0.6) is 0 Å². The Morgan fingerprint density at radius 1 is 1.53 bits per heavy atom. The number of rotatable bonds is 6. The van der Waals surface area contributed by atoms with Gasteiger partial charge in [0.15, 0.2) is 0 Å². The summed E-state index contributed by atoms with van der Waals surface area (Å²) >= 11 is 3.07. The third-order valence-corrected chi connectivity index (χ3v) is 5.51. The predicted molar refractivity (Wildman–Crippen MR) is 84.3 cm³/mol. The maximum atomic E-state index is 12.0. The summed E-state index contributed by atoms with van der Waals surface area (Å²) in [6.45, 7) is 4.74. The first-order chi connectivity index (χ1) is 9.12. The number of anilines is 2. The lowest BCUT2D eigenvalue weighted by atomic mass is 10.3. The molecule has 106 valence electrons. The fraction of sp³-hybridized carbons (Fsp3) is 0.615.